The number of aromatic nitrogens is 1. The number of methoxy groups -OCH3 is 1. The first-order chi connectivity index (χ1) is 10.0. The van der Waals surface area contributed by atoms with Crippen molar-refractivity contribution >= 4 is 52.1 Å². The zero-order valence-electron chi connectivity index (χ0n) is 11.5. The molecule has 0 unspecified atom stereocenters. The number of benzene rings is 1. The van der Waals surface area contributed by atoms with Gasteiger partial charge in [-0.3, -0.25) is 0 Å². The van der Waals surface area contributed by atoms with Crippen LogP contribution < -0.4 is 15.4 Å². The van der Waals surface area contributed by atoms with E-state index in [0.29, 0.717) is 44.7 Å². The molecule has 0 radical (unpaired) electrons. The standard InChI is InChI=1S/C14H14Cl3N3O/c1-3-18-13-10(16)7-11(17)14(20-13)19-12-6-8(21-2)4-5-9(12)15/h4-7H,3H2,1-2H3,(H2,18,19,20). The summed E-state index contributed by atoms with van der Waals surface area (Å²) in [5.41, 5.74) is 0.648. The van der Waals surface area contributed by atoms with Crippen LogP contribution in [0.5, 0.6) is 5.75 Å². The van der Waals surface area contributed by atoms with Gasteiger partial charge in [0.25, 0.3) is 0 Å². The van der Waals surface area contributed by atoms with Crippen molar-refractivity contribution in [3.05, 3.63) is 39.3 Å². The SMILES string of the molecule is CCNc1nc(Nc2cc(OC)ccc2Cl)c(Cl)cc1Cl. The van der Waals surface area contributed by atoms with E-state index < -0.39 is 0 Å². The van der Waals surface area contributed by atoms with E-state index in [4.69, 9.17) is 39.5 Å². The van der Waals surface area contributed by atoms with Crippen LogP contribution in [-0.2, 0) is 0 Å². The Morgan fingerprint density at radius 3 is 2.43 bits per heavy atom. The second-order valence-electron chi connectivity index (χ2n) is 4.15. The second-order valence-corrected chi connectivity index (χ2v) is 5.37. The van der Waals surface area contributed by atoms with Crippen molar-refractivity contribution in [3.63, 3.8) is 0 Å². The van der Waals surface area contributed by atoms with Gasteiger partial charge in [-0.15, -0.1) is 0 Å². The van der Waals surface area contributed by atoms with E-state index in [9.17, 15) is 0 Å². The minimum Gasteiger partial charge on any atom is -0.497 e. The van der Waals surface area contributed by atoms with Gasteiger partial charge in [0.15, 0.2) is 5.82 Å². The summed E-state index contributed by atoms with van der Waals surface area (Å²) in [4.78, 5) is 4.37. The zero-order chi connectivity index (χ0) is 15.4. The molecular weight excluding hydrogens is 333 g/mol. The lowest BCUT2D eigenvalue weighted by molar-refractivity contribution is 0.415. The summed E-state index contributed by atoms with van der Waals surface area (Å²) in [5.74, 6) is 1.70. The summed E-state index contributed by atoms with van der Waals surface area (Å²) >= 11 is 18.4. The molecule has 21 heavy (non-hydrogen) atoms. The molecule has 2 aromatic rings. The lowest BCUT2D eigenvalue weighted by Gasteiger charge is -2.13. The van der Waals surface area contributed by atoms with E-state index in [1.165, 1.54) is 0 Å². The highest BCUT2D eigenvalue weighted by Gasteiger charge is 2.11. The molecule has 0 aliphatic rings. The number of hydrogen-bond acceptors (Lipinski definition) is 4. The third kappa shape index (κ3) is 3.84. The average molecular weight is 347 g/mol. The van der Waals surface area contributed by atoms with Gasteiger partial charge in [0, 0.05) is 12.6 Å². The van der Waals surface area contributed by atoms with Crippen LogP contribution >= 0.6 is 34.8 Å². The molecule has 4 nitrogen and oxygen atoms in total. The summed E-state index contributed by atoms with van der Waals surface area (Å²) in [7, 11) is 1.59. The highest BCUT2D eigenvalue weighted by molar-refractivity contribution is 6.37. The fourth-order valence-corrected chi connectivity index (χ4v) is 2.34. The van der Waals surface area contributed by atoms with E-state index in [-0.39, 0.29) is 0 Å². The molecule has 0 fully saturated rings. The van der Waals surface area contributed by atoms with Crippen LogP contribution in [0.3, 0.4) is 0 Å². The Bertz CT molecular complexity index is 650. The van der Waals surface area contributed by atoms with Crippen molar-refractivity contribution in [2.75, 3.05) is 24.3 Å². The maximum absolute atomic E-state index is 6.17. The molecular formula is C14H14Cl3N3O. The van der Waals surface area contributed by atoms with Gasteiger partial charge in [-0.25, -0.2) is 4.98 Å². The van der Waals surface area contributed by atoms with Crippen LogP contribution in [0, 0.1) is 0 Å². The molecule has 1 aromatic carbocycles. The largest absolute Gasteiger partial charge is 0.497 e. The van der Waals surface area contributed by atoms with Crippen molar-refractivity contribution in [2.45, 2.75) is 6.92 Å². The smallest absolute Gasteiger partial charge is 0.151 e. The van der Waals surface area contributed by atoms with E-state index in [2.05, 4.69) is 15.6 Å². The van der Waals surface area contributed by atoms with Crippen molar-refractivity contribution in [1.82, 2.24) is 4.98 Å². The van der Waals surface area contributed by atoms with Crippen molar-refractivity contribution in [3.8, 4) is 5.75 Å². The molecule has 1 aromatic heterocycles. The van der Waals surface area contributed by atoms with Crippen LogP contribution in [0.15, 0.2) is 24.3 Å². The number of nitrogens with zero attached hydrogens (tertiary/aromatic N) is 1. The third-order valence-corrected chi connectivity index (χ3v) is 3.61. The Balaban J connectivity index is 2.37. The van der Waals surface area contributed by atoms with E-state index in [0.717, 1.165) is 0 Å². The number of pyridine rings is 1. The first-order valence-corrected chi connectivity index (χ1v) is 7.39. The fraction of sp³-hybridized carbons (Fsp3) is 0.214. The Kier molecular flexibility index (Phi) is 5.39. The Morgan fingerprint density at radius 1 is 1.05 bits per heavy atom. The predicted octanol–water partition coefficient (Wildman–Crippen LogP) is 5.23. The Labute approximate surface area is 138 Å². The second kappa shape index (κ2) is 7.07. The average Bonchev–Trinajstić information content (AvgIpc) is 2.46. The van der Waals surface area contributed by atoms with Crippen molar-refractivity contribution < 1.29 is 4.74 Å². The number of hydrogen-bond donors (Lipinski definition) is 2. The summed E-state index contributed by atoms with van der Waals surface area (Å²) in [5, 5.41) is 7.56. The third-order valence-electron chi connectivity index (χ3n) is 2.70. The minimum atomic E-state index is 0.403. The van der Waals surface area contributed by atoms with Crippen molar-refractivity contribution in [2.24, 2.45) is 0 Å². The van der Waals surface area contributed by atoms with Gasteiger partial charge in [-0.2, -0.15) is 0 Å². The number of anilines is 3. The Morgan fingerprint density at radius 2 is 1.76 bits per heavy atom. The van der Waals surface area contributed by atoms with Crippen LogP contribution in [-0.4, -0.2) is 18.6 Å². The van der Waals surface area contributed by atoms with E-state index >= 15 is 0 Å². The van der Waals surface area contributed by atoms with Crippen LogP contribution in [0.25, 0.3) is 0 Å². The molecule has 0 atom stereocenters. The van der Waals surface area contributed by atoms with Crippen molar-refractivity contribution in [1.29, 1.82) is 0 Å². The van der Waals surface area contributed by atoms with Crippen LogP contribution in [0.1, 0.15) is 6.92 Å². The summed E-state index contributed by atoms with van der Waals surface area (Å²) in [6.07, 6.45) is 0. The van der Waals surface area contributed by atoms with Crippen LogP contribution in [0.2, 0.25) is 15.1 Å². The molecule has 1 heterocycles. The highest BCUT2D eigenvalue weighted by atomic mass is 35.5. The van der Waals surface area contributed by atoms with E-state index in [1.54, 1.807) is 31.4 Å². The molecule has 0 aliphatic carbocycles. The monoisotopic (exact) mass is 345 g/mol. The molecule has 2 N–H and O–H groups in total. The molecule has 0 saturated carbocycles. The molecule has 0 saturated heterocycles. The van der Waals surface area contributed by atoms with Gasteiger partial charge >= 0.3 is 0 Å². The van der Waals surface area contributed by atoms with Gasteiger partial charge in [0.2, 0.25) is 0 Å². The fourth-order valence-electron chi connectivity index (χ4n) is 1.70. The van der Waals surface area contributed by atoms with Gasteiger partial charge in [-0.1, -0.05) is 34.8 Å². The lowest BCUT2D eigenvalue weighted by Crippen LogP contribution is -2.03. The quantitative estimate of drug-likeness (QED) is 0.778. The summed E-state index contributed by atoms with van der Waals surface area (Å²) in [6.45, 7) is 2.66. The normalized spacial score (nSPS) is 10.3. The summed E-state index contributed by atoms with van der Waals surface area (Å²) < 4.78 is 5.17. The highest BCUT2D eigenvalue weighted by Crippen LogP contribution is 2.34. The topological polar surface area (TPSA) is 46.2 Å². The zero-order valence-corrected chi connectivity index (χ0v) is 13.8. The Hall–Kier alpha value is -1.36. The molecule has 0 bridgehead atoms. The van der Waals surface area contributed by atoms with Gasteiger partial charge < -0.3 is 15.4 Å². The molecule has 7 heteroatoms. The maximum Gasteiger partial charge on any atom is 0.151 e. The minimum absolute atomic E-state index is 0.403. The van der Waals surface area contributed by atoms with Gasteiger partial charge in [-0.05, 0) is 25.1 Å². The van der Waals surface area contributed by atoms with Gasteiger partial charge in [0.05, 0.1) is 27.9 Å². The summed E-state index contributed by atoms with van der Waals surface area (Å²) in [6, 6.07) is 6.90. The molecule has 0 amide bonds. The number of halogens is 3. The molecule has 112 valence electrons. The van der Waals surface area contributed by atoms with Crippen LogP contribution in [0.4, 0.5) is 17.3 Å². The lowest BCUT2D eigenvalue weighted by atomic mass is 10.3. The first kappa shape index (κ1) is 16.0. The van der Waals surface area contributed by atoms with Gasteiger partial charge in [0.1, 0.15) is 11.6 Å². The number of rotatable bonds is 5. The molecule has 0 spiro atoms. The number of ether oxygens (including phenoxy) is 1. The molecule has 2 rings (SSSR count). The maximum atomic E-state index is 6.17. The number of nitrogens with one attached hydrogen (secondary N) is 2. The first-order valence-electron chi connectivity index (χ1n) is 6.25. The molecule has 0 aliphatic heterocycles. The predicted molar refractivity (Wildman–Crippen MR) is 89.7 cm³/mol. The van der Waals surface area contributed by atoms with E-state index in [1.807, 2.05) is 6.92 Å².